The first kappa shape index (κ1) is 28.3. The highest BCUT2D eigenvalue weighted by molar-refractivity contribution is 6.00. The van der Waals surface area contributed by atoms with E-state index in [0.29, 0.717) is 30.2 Å². The van der Waals surface area contributed by atoms with Crippen LogP contribution in [0.3, 0.4) is 0 Å². The molecule has 2 aromatic carbocycles. The quantitative estimate of drug-likeness (QED) is 0.199. The molecule has 2 N–H and O–H groups in total. The average molecular weight is 580 g/mol. The van der Waals surface area contributed by atoms with Gasteiger partial charge in [-0.15, -0.1) is 0 Å². The maximum absolute atomic E-state index is 14.7. The fraction of sp³-hybridized carbons (Fsp3) is 0.242. The number of hydrogen-bond donors (Lipinski definition) is 2. The van der Waals surface area contributed by atoms with Gasteiger partial charge < -0.3 is 24.3 Å². The van der Waals surface area contributed by atoms with E-state index in [9.17, 15) is 4.39 Å². The molecule has 0 fully saturated rings. The molecule has 43 heavy (non-hydrogen) atoms. The maximum Gasteiger partial charge on any atom is 0.138 e. The average Bonchev–Trinajstić information content (AvgIpc) is 3.60. The number of halogens is 1. The van der Waals surface area contributed by atoms with Gasteiger partial charge in [-0.2, -0.15) is 5.10 Å². The van der Waals surface area contributed by atoms with Crippen LogP contribution in [0.15, 0.2) is 73.2 Å². The van der Waals surface area contributed by atoms with E-state index in [1.165, 1.54) is 12.1 Å². The minimum Gasteiger partial charge on any atom is -0.492 e. The third-order valence-electron chi connectivity index (χ3n) is 7.19. The van der Waals surface area contributed by atoms with Crippen LogP contribution in [-0.2, 0) is 0 Å². The number of hydrogen-bond acceptors (Lipinski definition) is 7. The summed E-state index contributed by atoms with van der Waals surface area (Å²) in [6.07, 6.45) is 5.28. The number of aromatic nitrogens is 5. The van der Waals surface area contributed by atoms with Crippen molar-refractivity contribution < 1.29 is 13.9 Å². The van der Waals surface area contributed by atoms with Crippen molar-refractivity contribution in [2.45, 2.75) is 0 Å². The molecule has 0 atom stereocenters. The molecule has 0 spiro atoms. The standard InChI is InChI=1S/C33H34FN7O2/c1-40(2)9-11-42-25-14-22(13-24(34)17-25)27-7-8-36-33-28(27)18-31(37-33)32-29-16-21(5-6-30(29)38-39-32)23-15-26(20-35-19-23)43-12-10-41(3)4/h5-8,13-20H,9-12H2,1-4H3,(H,36,37)(H,38,39). The Kier molecular flexibility index (Phi) is 8.04. The number of pyridine rings is 2. The number of likely N-dealkylation sites (N-methyl/N-ethyl adjacent to an activating group) is 2. The lowest BCUT2D eigenvalue weighted by molar-refractivity contribution is 0.260. The molecule has 0 bridgehead atoms. The van der Waals surface area contributed by atoms with Gasteiger partial charge in [0.2, 0.25) is 0 Å². The van der Waals surface area contributed by atoms with E-state index in [1.54, 1.807) is 12.4 Å². The van der Waals surface area contributed by atoms with Crippen molar-refractivity contribution >= 4 is 21.9 Å². The Hall–Kier alpha value is -4.80. The minimum atomic E-state index is -0.356. The van der Waals surface area contributed by atoms with Crippen LogP contribution in [0.25, 0.3) is 55.6 Å². The second kappa shape index (κ2) is 12.2. The number of benzene rings is 2. The van der Waals surface area contributed by atoms with E-state index in [4.69, 9.17) is 9.47 Å². The summed E-state index contributed by atoms with van der Waals surface area (Å²) in [6.45, 7) is 2.60. The van der Waals surface area contributed by atoms with Gasteiger partial charge in [-0.3, -0.25) is 10.1 Å². The normalized spacial score (nSPS) is 11.7. The zero-order valence-electron chi connectivity index (χ0n) is 24.7. The second-order valence-electron chi connectivity index (χ2n) is 11.0. The molecule has 4 aromatic heterocycles. The summed E-state index contributed by atoms with van der Waals surface area (Å²) in [7, 11) is 7.97. The van der Waals surface area contributed by atoms with Gasteiger partial charge in [-0.25, -0.2) is 9.37 Å². The first-order chi connectivity index (χ1) is 20.8. The van der Waals surface area contributed by atoms with Crippen molar-refractivity contribution in [2.24, 2.45) is 0 Å². The molecule has 0 aliphatic carbocycles. The van der Waals surface area contributed by atoms with Gasteiger partial charge in [0.05, 0.1) is 17.4 Å². The molecule has 0 aliphatic rings. The molecule has 9 nitrogen and oxygen atoms in total. The third kappa shape index (κ3) is 6.35. The van der Waals surface area contributed by atoms with Crippen molar-refractivity contribution in [2.75, 3.05) is 54.5 Å². The number of H-pyrrole nitrogens is 2. The molecular formula is C33H34FN7O2. The summed E-state index contributed by atoms with van der Waals surface area (Å²) in [5.41, 5.74) is 6.67. The van der Waals surface area contributed by atoms with Crippen LogP contribution in [0, 0.1) is 5.82 Å². The highest BCUT2D eigenvalue weighted by atomic mass is 19.1. The summed E-state index contributed by atoms with van der Waals surface area (Å²) < 4.78 is 26.4. The topological polar surface area (TPSA) is 95.2 Å². The smallest absolute Gasteiger partial charge is 0.138 e. The van der Waals surface area contributed by atoms with Gasteiger partial charge in [0.25, 0.3) is 0 Å². The Labute approximate surface area is 249 Å². The number of aromatic amines is 2. The van der Waals surface area contributed by atoms with E-state index in [0.717, 1.165) is 63.2 Å². The summed E-state index contributed by atoms with van der Waals surface area (Å²) in [6, 6.07) is 16.8. The van der Waals surface area contributed by atoms with E-state index in [2.05, 4.69) is 36.1 Å². The molecule has 10 heteroatoms. The molecule has 0 amide bonds. The molecule has 4 heterocycles. The fourth-order valence-electron chi connectivity index (χ4n) is 4.95. The van der Waals surface area contributed by atoms with Crippen molar-refractivity contribution in [1.82, 2.24) is 34.9 Å². The molecule has 6 rings (SSSR count). The van der Waals surface area contributed by atoms with Crippen molar-refractivity contribution in [1.29, 1.82) is 0 Å². The monoisotopic (exact) mass is 579 g/mol. The Balaban J connectivity index is 1.33. The van der Waals surface area contributed by atoms with E-state index >= 15 is 0 Å². The molecule has 0 unspecified atom stereocenters. The first-order valence-corrected chi connectivity index (χ1v) is 14.1. The maximum atomic E-state index is 14.7. The third-order valence-corrected chi connectivity index (χ3v) is 7.19. The zero-order chi connectivity index (χ0) is 29.9. The molecule has 6 aromatic rings. The Morgan fingerprint density at radius 2 is 1.53 bits per heavy atom. The predicted molar refractivity (Wildman–Crippen MR) is 168 cm³/mol. The number of nitrogens with one attached hydrogen (secondary N) is 2. The van der Waals surface area contributed by atoms with Gasteiger partial charge in [-0.1, -0.05) is 6.07 Å². The molecule has 0 radical (unpaired) electrons. The van der Waals surface area contributed by atoms with Gasteiger partial charge in [0.1, 0.15) is 41.9 Å². The summed E-state index contributed by atoms with van der Waals surface area (Å²) in [5.74, 6) is 0.861. The van der Waals surface area contributed by atoms with Crippen LogP contribution in [-0.4, -0.2) is 89.4 Å². The lowest BCUT2D eigenvalue weighted by Crippen LogP contribution is -2.19. The Morgan fingerprint density at radius 1 is 0.767 bits per heavy atom. The minimum absolute atomic E-state index is 0.356. The van der Waals surface area contributed by atoms with Crippen LogP contribution in [0.5, 0.6) is 11.5 Å². The highest BCUT2D eigenvalue weighted by Gasteiger charge is 2.16. The SMILES string of the molecule is CN(C)CCOc1cncc(-c2ccc3[nH]nc(-c4cc5c(-c6cc(F)cc(OCCN(C)C)c6)ccnc5[nH]4)c3c2)c1. The molecule has 0 saturated carbocycles. The van der Waals surface area contributed by atoms with Gasteiger partial charge in [-0.05, 0) is 87.3 Å². The van der Waals surface area contributed by atoms with Crippen LogP contribution in [0.4, 0.5) is 4.39 Å². The number of nitrogens with zero attached hydrogens (tertiary/aromatic N) is 5. The lowest BCUT2D eigenvalue weighted by Gasteiger charge is -2.12. The number of fused-ring (bicyclic) bond motifs is 2. The molecule has 0 aliphatic heterocycles. The van der Waals surface area contributed by atoms with Gasteiger partial charge in [0, 0.05) is 47.9 Å². The molecule has 220 valence electrons. The molecular weight excluding hydrogens is 545 g/mol. The van der Waals surface area contributed by atoms with Gasteiger partial charge >= 0.3 is 0 Å². The van der Waals surface area contributed by atoms with Crippen LogP contribution < -0.4 is 9.47 Å². The highest BCUT2D eigenvalue weighted by Crippen LogP contribution is 2.36. The zero-order valence-corrected chi connectivity index (χ0v) is 24.7. The largest absolute Gasteiger partial charge is 0.492 e. The predicted octanol–water partition coefficient (Wildman–Crippen LogP) is 5.86. The summed E-state index contributed by atoms with van der Waals surface area (Å²) >= 11 is 0. The number of ether oxygens (including phenoxy) is 2. The van der Waals surface area contributed by atoms with Crippen molar-refractivity contribution in [3.05, 3.63) is 79.0 Å². The van der Waals surface area contributed by atoms with Crippen LogP contribution in [0.2, 0.25) is 0 Å². The number of rotatable bonds is 11. The van der Waals surface area contributed by atoms with Crippen molar-refractivity contribution in [3.8, 4) is 45.1 Å². The van der Waals surface area contributed by atoms with E-state index < -0.39 is 0 Å². The lowest BCUT2D eigenvalue weighted by atomic mass is 10.0. The van der Waals surface area contributed by atoms with Gasteiger partial charge in [0.15, 0.2) is 0 Å². The summed E-state index contributed by atoms with van der Waals surface area (Å²) in [5, 5.41) is 9.59. The fourth-order valence-corrected chi connectivity index (χ4v) is 4.95. The van der Waals surface area contributed by atoms with E-state index in [-0.39, 0.29) is 5.82 Å². The summed E-state index contributed by atoms with van der Waals surface area (Å²) in [4.78, 5) is 16.5. The Bertz CT molecular complexity index is 1880. The van der Waals surface area contributed by atoms with Crippen molar-refractivity contribution in [3.63, 3.8) is 0 Å². The van der Waals surface area contributed by atoms with E-state index in [1.807, 2.05) is 75.7 Å². The van der Waals surface area contributed by atoms with Crippen LogP contribution >= 0.6 is 0 Å². The Morgan fingerprint density at radius 3 is 2.33 bits per heavy atom. The first-order valence-electron chi connectivity index (χ1n) is 14.1. The molecule has 0 saturated heterocycles. The second-order valence-corrected chi connectivity index (χ2v) is 11.0. The van der Waals surface area contributed by atoms with Crippen LogP contribution in [0.1, 0.15) is 0 Å².